The molecule has 17 rings (SSSR count). The van der Waals surface area contributed by atoms with Crippen molar-refractivity contribution in [2.45, 2.75) is 0 Å². The fourth-order valence-corrected chi connectivity index (χ4v) is 13.7. The molecule has 88 heavy (non-hydrogen) atoms. The Bertz CT molecular complexity index is 5000. The van der Waals surface area contributed by atoms with E-state index < -0.39 is 0 Å². The molecule has 0 N–H and O–H groups in total. The van der Waals surface area contributed by atoms with Crippen molar-refractivity contribution in [1.29, 1.82) is 0 Å². The average molecular weight is 1120 g/mol. The topological polar surface area (TPSA) is 50.1 Å². The molecule has 2 aromatic heterocycles. The van der Waals surface area contributed by atoms with E-state index in [9.17, 15) is 0 Å². The van der Waals surface area contributed by atoms with Crippen LogP contribution in [0, 0.1) is 0 Å². The summed E-state index contributed by atoms with van der Waals surface area (Å²) in [6.45, 7) is 0.0278. The number of anilines is 6. The lowest BCUT2D eigenvalue weighted by Crippen LogP contribution is -2.61. The highest BCUT2D eigenvalue weighted by Crippen LogP contribution is 2.48. The summed E-state index contributed by atoms with van der Waals surface area (Å²) in [6.07, 6.45) is 0. The number of fused-ring (bicyclic) bond motifs is 7. The van der Waals surface area contributed by atoms with Crippen molar-refractivity contribution in [3.8, 4) is 84.4 Å². The molecule has 4 heterocycles. The van der Waals surface area contributed by atoms with Crippen LogP contribution < -0.4 is 26.2 Å². The number of hydrogen-bond acceptors (Lipinski definition) is 5. The standard InChI is InChI=1S/C81H53BN6/c1-6-25-54(26-7-1)60-47-48-72-68(51-60)66-39-16-19-44-71(66)88(72)78-65(40-24-41-67(78)81-84-79(55-27-8-2-9-28-55)83-80(85-81)56-29-10-3-11-30-56)61-34-23-32-58(50-61)57-31-22-33-59(49-57)62-52-75-77-76(53-62)87(64-37-14-5-15-38-64)74-46-21-18-43-70(74)82(77)69-42-17-20-45-73(69)86(75)63-35-12-4-13-36-63/h1-53H. The summed E-state index contributed by atoms with van der Waals surface area (Å²) in [5.41, 5.74) is 25.6. The summed E-state index contributed by atoms with van der Waals surface area (Å²) in [5.74, 6) is 1.80. The molecule has 410 valence electrons. The van der Waals surface area contributed by atoms with E-state index in [1.165, 1.54) is 44.7 Å². The van der Waals surface area contributed by atoms with E-state index in [0.29, 0.717) is 17.5 Å². The van der Waals surface area contributed by atoms with Gasteiger partial charge in [-0.15, -0.1) is 0 Å². The molecule has 15 aromatic rings. The van der Waals surface area contributed by atoms with Gasteiger partial charge < -0.3 is 14.4 Å². The SMILES string of the molecule is c1ccc(-c2ccc3c(c2)c2ccccc2n3-c2c(-c3cccc(-c4cccc(-c5cc6c7c(c5)N(c5ccccc5)c5ccccc5B7c5ccccc5N6c5ccccc5)c4)c3)cccc2-c2nc(-c3ccccc3)nc(-c3ccccc3)n2)cc1. The zero-order chi connectivity index (χ0) is 58.1. The van der Waals surface area contributed by atoms with Crippen LogP contribution in [-0.4, -0.2) is 26.2 Å². The van der Waals surface area contributed by atoms with Crippen LogP contribution in [0.2, 0.25) is 0 Å². The van der Waals surface area contributed by atoms with E-state index in [1.807, 2.05) is 36.4 Å². The molecule has 7 heteroatoms. The Morgan fingerprint density at radius 2 is 0.670 bits per heavy atom. The maximum absolute atomic E-state index is 5.39. The Morgan fingerprint density at radius 3 is 1.26 bits per heavy atom. The number of rotatable bonds is 10. The minimum absolute atomic E-state index is 0.0278. The van der Waals surface area contributed by atoms with E-state index >= 15 is 0 Å². The molecule has 0 spiro atoms. The van der Waals surface area contributed by atoms with Crippen LogP contribution in [0.15, 0.2) is 322 Å². The van der Waals surface area contributed by atoms with Crippen molar-refractivity contribution >= 4 is 79.0 Å². The predicted molar refractivity (Wildman–Crippen MR) is 366 cm³/mol. The lowest BCUT2D eigenvalue weighted by molar-refractivity contribution is 1.06. The Morgan fingerprint density at radius 1 is 0.250 bits per heavy atom. The quantitative estimate of drug-likeness (QED) is 0.128. The third-order valence-corrected chi connectivity index (χ3v) is 17.6. The molecule has 2 aliphatic rings. The molecule has 6 nitrogen and oxygen atoms in total. The average Bonchev–Trinajstić information content (AvgIpc) is 1.19. The van der Waals surface area contributed by atoms with Gasteiger partial charge in [-0.3, -0.25) is 0 Å². The fraction of sp³-hybridized carbons (Fsp3) is 0. The normalized spacial score (nSPS) is 12.2. The summed E-state index contributed by atoms with van der Waals surface area (Å²) >= 11 is 0. The molecule has 0 fully saturated rings. The summed E-state index contributed by atoms with van der Waals surface area (Å²) in [6, 6.07) is 116. The van der Waals surface area contributed by atoms with Crippen LogP contribution in [0.1, 0.15) is 0 Å². The van der Waals surface area contributed by atoms with Crippen LogP contribution in [0.5, 0.6) is 0 Å². The summed E-state index contributed by atoms with van der Waals surface area (Å²) in [7, 11) is 0. The van der Waals surface area contributed by atoms with Crippen molar-refractivity contribution < 1.29 is 0 Å². The van der Waals surface area contributed by atoms with Gasteiger partial charge in [-0.05, 0) is 140 Å². The molecule has 0 saturated heterocycles. The van der Waals surface area contributed by atoms with Gasteiger partial charge in [0.15, 0.2) is 17.5 Å². The lowest BCUT2D eigenvalue weighted by atomic mass is 9.33. The van der Waals surface area contributed by atoms with Gasteiger partial charge in [0.2, 0.25) is 0 Å². The molecule has 0 atom stereocenters. The zero-order valence-corrected chi connectivity index (χ0v) is 47.9. The van der Waals surface area contributed by atoms with Crippen molar-refractivity contribution in [3.05, 3.63) is 322 Å². The smallest absolute Gasteiger partial charge is 0.252 e. The number of hydrogen-bond donors (Lipinski definition) is 0. The van der Waals surface area contributed by atoms with E-state index in [2.05, 4.69) is 299 Å². The molecular weight excluding hydrogens is 1070 g/mol. The first-order chi connectivity index (χ1) is 43.7. The van der Waals surface area contributed by atoms with Gasteiger partial charge in [-0.1, -0.05) is 237 Å². The van der Waals surface area contributed by atoms with Gasteiger partial charge in [-0.2, -0.15) is 0 Å². The zero-order valence-electron chi connectivity index (χ0n) is 47.9. The van der Waals surface area contributed by atoms with Crippen LogP contribution >= 0.6 is 0 Å². The van der Waals surface area contributed by atoms with Crippen LogP contribution in [0.4, 0.5) is 34.1 Å². The Balaban J connectivity index is 0.863. The van der Waals surface area contributed by atoms with Crippen molar-refractivity contribution in [2.75, 3.05) is 9.80 Å². The second-order valence-electron chi connectivity index (χ2n) is 22.7. The second-order valence-corrected chi connectivity index (χ2v) is 22.7. The van der Waals surface area contributed by atoms with Gasteiger partial charge in [0, 0.05) is 67.2 Å². The largest absolute Gasteiger partial charge is 0.311 e. The van der Waals surface area contributed by atoms with Gasteiger partial charge in [0.05, 0.1) is 16.7 Å². The van der Waals surface area contributed by atoms with Gasteiger partial charge >= 0.3 is 0 Å². The number of nitrogens with zero attached hydrogens (tertiary/aromatic N) is 6. The highest BCUT2D eigenvalue weighted by molar-refractivity contribution is 7.00. The fourth-order valence-electron chi connectivity index (χ4n) is 13.7. The second kappa shape index (κ2) is 21.1. The molecule has 0 unspecified atom stereocenters. The molecule has 0 aliphatic carbocycles. The van der Waals surface area contributed by atoms with Crippen molar-refractivity contribution in [1.82, 2.24) is 19.5 Å². The van der Waals surface area contributed by atoms with Crippen molar-refractivity contribution in [2.24, 2.45) is 0 Å². The van der Waals surface area contributed by atoms with Gasteiger partial charge in [-0.25, -0.2) is 15.0 Å². The van der Waals surface area contributed by atoms with E-state index in [1.54, 1.807) is 0 Å². The minimum atomic E-state index is 0.0278. The minimum Gasteiger partial charge on any atom is -0.311 e. The molecule has 0 bridgehead atoms. The number of aromatic nitrogens is 4. The summed E-state index contributed by atoms with van der Waals surface area (Å²) in [5, 5.41) is 2.32. The lowest BCUT2D eigenvalue weighted by Gasteiger charge is -2.44. The first-order valence-corrected chi connectivity index (χ1v) is 30.0. The first kappa shape index (κ1) is 50.8. The summed E-state index contributed by atoms with van der Waals surface area (Å²) in [4.78, 5) is 20.9. The van der Waals surface area contributed by atoms with Crippen LogP contribution in [0.3, 0.4) is 0 Å². The van der Waals surface area contributed by atoms with Gasteiger partial charge in [0.25, 0.3) is 6.71 Å². The first-order valence-electron chi connectivity index (χ1n) is 30.0. The Kier molecular flexibility index (Phi) is 12.2. The number of para-hydroxylation sites is 6. The maximum atomic E-state index is 5.39. The van der Waals surface area contributed by atoms with E-state index in [4.69, 9.17) is 15.0 Å². The van der Waals surface area contributed by atoms with Gasteiger partial charge in [0.1, 0.15) is 0 Å². The molecule has 0 radical (unpaired) electrons. The highest BCUT2D eigenvalue weighted by atomic mass is 15.2. The summed E-state index contributed by atoms with van der Waals surface area (Å²) < 4.78 is 2.44. The Hall–Kier alpha value is -11.7. The Labute approximate surface area is 511 Å². The number of benzene rings is 13. The van der Waals surface area contributed by atoms with Crippen molar-refractivity contribution in [3.63, 3.8) is 0 Å². The molecule has 2 aliphatic heterocycles. The molecule has 0 saturated carbocycles. The predicted octanol–water partition coefficient (Wildman–Crippen LogP) is 18.7. The third-order valence-electron chi connectivity index (χ3n) is 17.6. The highest BCUT2D eigenvalue weighted by Gasteiger charge is 2.43. The van der Waals surface area contributed by atoms with Crippen LogP contribution in [-0.2, 0) is 0 Å². The molecular formula is C81H53BN6. The third kappa shape index (κ3) is 8.54. The maximum Gasteiger partial charge on any atom is 0.252 e. The van der Waals surface area contributed by atoms with E-state index in [-0.39, 0.29) is 6.71 Å². The van der Waals surface area contributed by atoms with E-state index in [0.717, 1.165) is 94.5 Å². The molecule has 0 amide bonds. The van der Waals surface area contributed by atoms with Crippen LogP contribution in [0.25, 0.3) is 106 Å². The monoisotopic (exact) mass is 1120 g/mol. The molecule has 13 aromatic carbocycles.